The average molecular weight is 550 g/mol. The number of oxazole rings is 1. The molecular weight excluding hydrogens is 519 g/mol. The van der Waals surface area contributed by atoms with E-state index >= 15 is 0 Å². The minimum absolute atomic E-state index is 0.550. The summed E-state index contributed by atoms with van der Waals surface area (Å²) in [4.78, 5) is 20.0. The molecule has 1 saturated heterocycles. The first kappa shape index (κ1) is 25.0. The van der Waals surface area contributed by atoms with Crippen LogP contribution >= 0.6 is 23.2 Å². The van der Waals surface area contributed by atoms with Crippen LogP contribution in [0.3, 0.4) is 0 Å². The molecule has 5 aromatic rings. The number of H-pyrrole nitrogens is 1. The maximum atomic E-state index is 6.17. The fraction of sp³-hybridized carbons (Fsp3) is 0.310. The summed E-state index contributed by atoms with van der Waals surface area (Å²) < 4.78 is 6.17. The monoisotopic (exact) mass is 548 g/mol. The highest BCUT2D eigenvalue weighted by Gasteiger charge is 2.16. The molecule has 0 amide bonds. The van der Waals surface area contributed by atoms with Crippen molar-refractivity contribution in [1.82, 2.24) is 19.9 Å². The van der Waals surface area contributed by atoms with E-state index in [0.29, 0.717) is 17.7 Å². The van der Waals surface area contributed by atoms with Gasteiger partial charge in [0.2, 0.25) is 5.89 Å². The van der Waals surface area contributed by atoms with Crippen LogP contribution in [0, 0.1) is 0 Å². The number of imidazole rings is 1. The fourth-order valence-corrected chi connectivity index (χ4v) is 5.39. The molecule has 38 heavy (non-hydrogen) atoms. The van der Waals surface area contributed by atoms with Crippen LogP contribution in [0.5, 0.6) is 0 Å². The number of alkyl halides is 2. The van der Waals surface area contributed by atoms with Gasteiger partial charge in [-0.2, -0.15) is 0 Å². The largest absolute Gasteiger partial charge is 0.436 e. The van der Waals surface area contributed by atoms with Gasteiger partial charge in [-0.15, -0.1) is 23.2 Å². The lowest BCUT2D eigenvalue weighted by atomic mass is 10.2. The third-order valence-corrected chi connectivity index (χ3v) is 7.52. The highest BCUT2D eigenvalue weighted by Crippen LogP contribution is 2.30. The van der Waals surface area contributed by atoms with Crippen LogP contribution in [-0.2, 0) is 0 Å². The number of nitrogens with one attached hydrogen (secondary N) is 1. The summed E-state index contributed by atoms with van der Waals surface area (Å²) in [7, 11) is 2.17. The molecule has 1 N–H and O–H groups in total. The van der Waals surface area contributed by atoms with Gasteiger partial charge in [-0.3, -0.25) is 0 Å². The van der Waals surface area contributed by atoms with Crippen molar-refractivity contribution in [2.45, 2.75) is 0 Å². The SMILES string of the molecule is CN1CCN(c2ccc3nc(-c4ccc5nc(-c6ccc(N(CCCl)CCCl)cc6)oc5c4)[nH]c3c2)CC1. The second-order valence-corrected chi connectivity index (χ2v) is 10.4. The molecule has 1 aliphatic rings. The molecule has 196 valence electrons. The molecule has 0 unspecified atom stereocenters. The summed E-state index contributed by atoms with van der Waals surface area (Å²) >= 11 is 11.9. The number of aromatic amines is 1. The van der Waals surface area contributed by atoms with Gasteiger partial charge in [-0.1, -0.05) is 0 Å². The average Bonchev–Trinajstić information content (AvgIpc) is 3.57. The van der Waals surface area contributed by atoms with Crippen LogP contribution in [0.1, 0.15) is 0 Å². The van der Waals surface area contributed by atoms with Gasteiger partial charge in [-0.25, -0.2) is 9.97 Å². The van der Waals surface area contributed by atoms with Gasteiger partial charge in [0.05, 0.1) is 11.0 Å². The molecule has 3 heterocycles. The van der Waals surface area contributed by atoms with E-state index in [1.807, 2.05) is 30.3 Å². The van der Waals surface area contributed by atoms with Gasteiger partial charge in [0.15, 0.2) is 5.58 Å². The van der Waals surface area contributed by atoms with Crippen LogP contribution in [0.15, 0.2) is 65.1 Å². The van der Waals surface area contributed by atoms with Gasteiger partial charge < -0.3 is 24.1 Å². The first-order valence-corrected chi connectivity index (χ1v) is 14.0. The third-order valence-electron chi connectivity index (χ3n) is 7.18. The van der Waals surface area contributed by atoms with E-state index in [2.05, 4.69) is 57.1 Å². The lowest BCUT2D eigenvalue weighted by Gasteiger charge is -2.34. The van der Waals surface area contributed by atoms with E-state index in [-0.39, 0.29) is 0 Å². The molecule has 3 aromatic carbocycles. The minimum Gasteiger partial charge on any atom is -0.436 e. The molecule has 0 atom stereocenters. The van der Waals surface area contributed by atoms with Gasteiger partial charge in [0.1, 0.15) is 11.3 Å². The lowest BCUT2D eigenvalue weighted by molar-refractivity contribution is 0.313. The zero-order chi connectivity index (χ0) is 26.1. The standard InChI is InChI=1S/C29H30Cl2N6O/c1-35-14-16-37(17-15-35)23-7-9-24-26(19-23)33-28(32-24)21-4-8-25-27(18-21)38-29(34-25)20-2-5-22(6-3-20)36(12-10-30)13-11-31/h2-9,18-19H,10-17H2,1H3,(H,32,33). The Morgan fingerprint density at radius 1 is 0.842 bits per heavy atom. The Morgan fingerprint density at radius 2 is 1.55 bits per heavy atom. The number of hydrogen-bond donors (Lipinski definition) is 1. The molecule has 6 rings (SSSR count). The van der Waals surface area contributed by atoms with E-state index < -0.39 is 0 Å². The van der Waals surface area contributed by atoms with Crippen molar-refractivity contribution in [2.24, 2.45) is 0 Å². The number of anilines is 2. The number of fused-ring (bicyclic) bond motifs is 2. The molecule has 1 aliphatic heterocycles. The Bertz CT molecular complexity index is 1530. The smallest absolute Gasteiger partial charge is 0.227 e. The molecule has 1 fully saturated rings. The second-order valence-electron chi connectivity index (χ2n) is 9.69. The second kappa shape index (κ2) is 10.8. The predicted octanol–water partition coefficient (Wildman–Crippen LogP) is 6.07. The van der Waals surface area contributed by atoms with Crippen LogP contribution in [-0.4, -0.2) is 77.9 Å². The van der Waals surface area contributed by atoms with Gasteiger partial charge in [-0.05, 0) is 67.7 Å². The van der Waals surface area contributed by atoms with E-state index in [4.69, 9.17) is 37.6 Å². The number of rotatable bonds is 8. The van der Waals surface area contributed by atoms with Crippen molar-refractivity contribution in [1.29, 1.82) is 0 Å². The van der Waals surface area contributed by atoms with Crippen molar-refractivity contribution in [2.75, 3.05) is 67.9 Å². The predicted molar refractivity (Wildman–Crippen MR) is 158 cm³/mol. The molecule has 7 nitrogen and oxygen atoms in total. The first-order valence-electron chi connectivity index (χ1n) is 12.9. The number of hydrogen-bond acceptors (Lipinski definition) is 6. The number of halogens is 2. The van der Waals surface area contributed by atoms with Crippen LogP contribution in [0.4, 0.5) is 11.4 Å². The number of likely N-dealkylation sites (N-methyl/N-ethyl adjacent to an activating group) is 1. The van der Waals surface area contributed by atoms with Crippen LogP contribution < -0.4 is 9.80 Å². The third kappa shape index (κ3) is 5.06. The summed E-state index contributed by atoms with van der Waals surface area (Å²) in [5, 5.41) is 0. The van der Waals surface area contributed by atoms with Gasteiger partial charge in [0.25, 0.3) is 0 Å². The maximum Gasteiger partial charge on any atom is 0.227 e. The van der Waals surface area contributed by atoms with Crippen molar-refractivity contribution < 1.29 is 4.42 Å². The number of benzene rings is 3. The molecule has 0 spiro atoms. The van der Waals surface area contributed by atoms with Crippen molar-refractivity contribution >= 4 is 56.7 Å². The Kier molecular flexibility index (Phi) is 7.15. The summed E-state index contributed by atoms with van der Waals surface area (Å²) in [5.41, 5.74) is 7.72. The summed E-state index contributed by atoms with van der Waals surface area (Å²) in [6.07, 6.45) is 0. The van der Waals surface area contributed by atoms with Gasteiger partial charge in [0, 0.05) is 73.5 Å². The molecular formula is C29H30Cl2N6O. The number of piperazine rings is 1. The highest BCUT2D eigenvalue weighted by atomic mass is 35.5. The minimum atomic E-state index is 0.550. The fourth-order valence-electron chi connectivity index (χ4n) is 4.98. The first-order chi connectivity index (χ1) is 18.6. The number of aromatic nitrogens is 3. The number of nitrogens with zero attached hydrogens (tertiary/aromatic N) is 5. The molecule has 0 bridgehead atoms. The van der Waals surface area contributed by atoms with Gasteiger partial charge >= 0.3 is 0 Å². The molecule has 0 aliphatic carbocycles. The molecule has 0 radical (unpaired) electrons. The zero-order valence-electron chi connectivity index (χ0n) is 21.3. The Hall–Kier alpha value is -3.26. The summed E-state index contributed by atoms with van der Waals surface area (Å²) in [5.74, 6) is 2.51. The van der Waals surface area contributed by atoms with Crippen molar-refractivity contribution in [3.05, 3.63) is 60.7 Å². The van der Waals surface area contributed by atoms with Crippen LogP contribution in [0.2, 0.25) is 0 Å². The summed E-state index contributed by atoms with van der Waals surface area (Å²) in [6, 6.07) is 20.6. The zero-order valence-corrected chi connectivity index (χ0v) is 22.8. The van der Waals surface area contributed by atoms with E-state index in [1.165, 1.54) is 5.69 Å². The summed E-state index contributed by atoms with van der Waals surface area (Å²) in [6.45, 7) is 5.73. The normalized spacial score (nSPS) is 14.6. The Labute approximate surface area is 232 Å². The molecule has 0 saturated carbocycles. The quantitative estimate of drug-likeness (QED) is 0.237. The van der Waals surface area contributed by atoms with E-state index in [9.17, 15) is 0 Å². The van der Waals surface area contributed by atoms with Crippen molar-refractivity contribution in [3.63, 3.8) is 0 Å². The maximum absolute atomic E-state index is 6.17. The molecule has 2 aromatic heterocycles. The van der Waals surface area contributed by atoms with E-state index in [1.54, 1.807) is 0 Å². The van der Waals surface area contributed by atoms with E-state index in [0.717, 1.165) is 84.0 Å². The highest BCUT2D eigenvalue weighted by molar-refractivity contribution is 6.18. The molecule has 9 heteroatoms. The Morgan fingerprint density at radius 3 is 2.29 bits per heavy atom. The van der Waals surface area contributed by atoms with Crippen molar-refractivity contribution in [3.8, 4) is 22.8 Å². The Balaban J connectivity index is 1.24. The van der Waals surface area contributed by atoms with Crippen LogP contribution in [0.25, 0.3) is 45.0 Å². The lowest BCUT2D eigenvalue weighted by Crippen LogP contribution is -2.44. The topological polar surface area (TPSA) is 64.4 Å².